The van der Waals surface area contributed by atoms with Crippen LogP contribution in [0.4, 0.5) is 16.2 Å². The molecule has 5 N–H and O–H groups in total. The number of carbonyl (C=O) groups excluding carboxylic acids is 2. The topological polar surface area (TPSA) is 154 Å². The van der Waals surface area contributed by atoms with E-state index in [-0.39, 0.29) is 17.9 Å². The summed E-state index contributed by atoms with van der Waals surface area (Å²) in [6.07, 6.45) is 5.85. The molecule has 0 heterocycles. The Morgan fingerprint density at radius 2 is 1.50 bits per heavy atom. The maximum absolute atomic E-state index is 13.4. The van der Waals surface area contributed by atoms with E-state index in [0.717, 1.165) is 29.5 Å². The van der Waals surface area contributed by atoms with Gasteiger partial charge in [-0.25, -0.2) is 13.2 Å². The summed E-state index contributed by atoms with van der Waals surface area (Å²) >= 11 is 0. The number of aryl methyl sites for hydroxylation is 1. The Bertz CT molecular complexity index is 1850. The second kappa shape index (κ2) is 15.6. The molecule has 1 atom stereocenters. The molecule has 4 aromatic carbocycles. The van der Waals surface area contributed by atoms with Crippen molar-refractivity contribution in [3.63, 3.8) is 0 Å². The number of hydrogen-bond acceptors (Lipinski definition) is 5. The molecule has 1 unspecified atom stereocenters. The molecule has 3 amide bonds. The average Bonchev–Trinajstić information content (AvgIpc) is 3.09. The highest BCUT2D eigenvalue weighted by atomic mass is 32.2. The SMILES string of the molecule is Cc1ccccc1NS(=O)(=O)c1cccc(NC(=O)NC(c2ccc(C(=O)NCCC(=O)O)cc2)c2ccc(C3CCCCC3)cc2)c1. The summed E-state index contributed by atoms with van der Waals surface area (Å²) < 4.78 is 28.9. The molecule has 0 aromatic heterocycles. The summed E-state index contributed by atoms with van der Waals surface area (Å²) in [6.45, 7) is 1.82. The van der Waals surface area contributed by atoms with Crippen molar-refractivity contribution in [3.8, 4) is 0 Å². The molecule has 0 aliphatic heterocycles. The Labute approximate surface area is 281 Å². The van der Waals surface area contributed by atoms with Gasteiger partial charge in [0.2, 0.25) is 0 Å². The number of sulfonamides is 1. The molecule has 11 heteroatoms. The predicted molar refractivity (Wildman–Crippen MR) is 186 cm³/mol. The van der Waals surface area contributed by atoms with Crippen LogP contribution in [0.15, 0.2) is 102 Å². The van der Waals surface area contributed by atoms with Crippen molar-refractivity contribution in [2.45, 2.75) is 62.3 Å². The summed E-state index contributed by atoms with van der Waals surface area (Å²) in [4.78, 5) is 36.8. The third kappa shape index (κ3) is 9.01. The zero-order valence-corrected chi connectivity index (χ0v) is 27.6. The van der Waals surface area contributed by atoms with Crippen LogP contribution in [0.5, 0.6) is 0 Å². The monoisotopic (exact) mass is 668 g/mol. The van der Waals surface area contributed by atoms with Crippen LogP contribution in [0, 0.1) is 6.92 Å². The smallest absolute Gasteiger partial charge is 0.319 e. The maximum atomic E-state index is 13.4. The lowest BCUT2D eigenvalue weighted by molar-refractivity contribution is -0.136. The Kier molecular flexibility index (Phi) is 11.1. The van der Waals surface area contributed by atoms with E-state index in [4.69, 9.17) is 5.11 Å². The van der Waals surface area contributed by atoms with Gasteiger partial charge in [0.1, 0.15) is 0 Å². The van der Waals surface area contributed by atoms with Gasteiger partial charge in [-0.3, -0.25) is 14.3 Å². The normalized spacial score (nSPS) is 14.0. The number of urea groups is 1. The fraction of sp³-hybridized carbons (Fsp3) is 0.270. The van der Waals surface area contributed by atoms with Gasteiger partial charge >= 0.3 is 12.0 Å². The molecule has 1 saturated carbocycles. The second-order valence-corrected chi connectivity index (χ2v) is 13.7. The number of benzene rings is 4. The summed E-state index contributed by atoms with van der Waals surface area (Å²) in [5, 5.41) is 17.2. The molecule has 0 spiro atoms. The first-order valence-electron chi connectivity index (χ1n) is 16.0. The van der Waals surface area contributed by atoms with E-state index < -0.39 is 34.0 Å². The van der Waals surface area contributed by atoms with Crippen molar-refractivity contribution in [1.29, 1.82) is 0 Å². The number of nitrogens with one attached hydrogen (secondary N) is 4. The Morgan fingerprint density at radius 1 is 0.833 bits per heavy atom. The molecule has 250 valence electrons. The number of para-hydroxylation sites is 1. The Hall–Kier alpha value is -5.16. The number of hydrogen-bond donors (Lipinski definition) is 5. The van der Waals surface area contributed by atoms with Gasteiger partial charge in [-0.1, -0.05) is 79.9 Å². The van der Waals surface area contributed by atoms with Gasteiger partial charge in [0.15, 0.2) is 0 Å². The Morgan fingerprint density at radius 3 is 2.17 bits per heavy atom. The number of carboxylic acid groups (broad SMARTS) is 1. The van der Waals surface area contributed by atoms with Gasteiger partial charge in [-0.15, -0.1) is 0 Å². The number of carboxylic acids is 1. The number of carbonyl (C=O) groups is 3. The molecule has 1 fully saturated rings. The summed E-state index contributed by atoms with van der Waals surface area (Å²) in [7, 11) is -3.92. The van der Waals surface area contributed by atoms with E-state index in [1.807, 2.05) is 31.2 Å². The quantitative estimate of drug-likeness (QED) is 0.110. The third-order valence-electron chi connectivity index (χ3n) is 8.54. The number of anilines is 2. The lowest BCUT2D eigenvalue weighted by Crippen LogP contribution is -2.33. The first-order valence-corrected chi connectivity index (χ1v) is 17.5. The van der Waals surface area contributed by atoms with Crippen molar-refractivity contribution in [3.05, 3.63) is 125 Å². The molecule has 0 saturated heterocycles. The van der Waals surface area contributed by atoms with E-state index >= 15 is 0 Å². The van der Waals surface area contributed by atoms with Crippen LogP contribution in [-0.4, -0.2) is 38.0 Å². The standard InChI is InChI=1S/C37H40N4O6S/c1-25-8-5-6-13-33(25)41-48(46,47)32-12-7-11-31(24-32)39-37(45)40-35(28-16-14-27(15-17-28)26-9-3-2-4-10-26)29-18-20-30(21-19-29)36(44)38-23-22-34(42)43/h5-8,11-21,24,26,35,41H,2-4,9-10,22-23H2,1H3,(H,38,44)(H,42,43)(H2,39,40,45). The molecular weight excluding hydrogens is 628 g/mol. The van der Waals surface area contributed by atoms with E-state index in [1.165, 1.54) is 37.0 Å². The van der Waals surface area contributed by atoms with Gasteiger partial charge in [0.25, 0.3) is 15.9 Å². The van der Waals surface area contributed by atoms with E-state index in [0.29, 0.717) is 22.9 Å². The number of aliphatic carboxylic acids is 1. The van der Waals surface area contributed by atoms with Gasteiger partial charge in [0.05, 0.1) is 23.0 Å². The molecule has 48 heavy (non-hydrogen) atoms. The molecule has 5 rings (SSSR count). The van der Waals surface area contributed by atoms with Gasteiger partial charge in [-0.05, 0) is 84.3 Å². The zero-order chi connectivity index (χ0) is 34.1. The molecule has 10 nitrogen and oxygen atoms in total. The predicted octanol–water partition coefficient (Wildman–Crippen LogP) is 6.96. The van der Waals surface area contributed by atoms with Crippen LogP contribution < -0.4 is 20.7 Å². The van der Waals surface area contributed by atoms with E-state index in [1.54, 1.807) is 48.5 Å². The van der Waals surface area contributed by atoms with E-state index in [9.17, 15) is 22.8 Å². The van der Waals surface area contributed by atoms with Crippen LogP contribution in [0.25, 0.3) is 0 Å². The molecular formula is C37H40N4O6S. The minimum Gasteiger partial charge on any atom is -0.481 e. The molecule has 4 aromatic rings. The summed E-state index contributed by atoms with van der Waals surface area (Å²) in [5.74, 6) is -0.876. The van der Waals surface area contributed by atoms with E-state index in [2.05, 4.69) is 32.8 Å². The summed E-state index contributed by atoms with van der Waals surface area (Å²) in [6, 6.07) is 26.9. The minimum atomic E-state index is -3.92. The van der Waals surface area contributed by atoms with Crippen LogP contribution in [0.1, 0.15) is 83.1 Å². The molecule has 0 bridgehead atoms. The van der Waals surface area contributed by atoms with Crippen molar-refractivity contribution in [2.75, 3.05) is 16.6 Å². The average molecular weight is 669 g/mol. The zero-order valence-electron chi connectivity index (χ0n) is 26.7. The lowest BCUT2D eigenvalue weighted by atomic mass is 9.83. The molecule has 1 aliphatic rings. The minimum absolute atomic E-state index is 0.00405. The number of amides is 3. The maximum Gasteiger partial charge on any atom is 0.319 e. The van der Waals surface area contributed by atoms with Crippen LogP contribution in [-0.2, 0) is 14.8 Å². The third-order valence-corrected chi connectivity index (χ3v) is 9.91. The van der Waals surface area contributed by atoms with Crippen LogP contribution in [0.3, 0.4) is 0 Å². The highest BCUT2D eigenvalue weighted by molar-refractivity contribution is 7.92. The van der Waals surface area contributed by atoms with Crippen LogP contribution in [0.2, 0.25) is 0 Å². The highest BCUT2D eigenvalue weighted by Gasteiger charge is 2.21. The van der Waals surface area contributed by atoms with Crippen molar-refractivity contribution >= 4 is 39.3 Å². The van der Waals surface area contributed by atoms with Crippen molar-refractivity contribution in [2.24, 2.45) is 0 Å². The second-order valence-electron chi connectivity index (χ2n) is 12.0. The Balaban J connectivity index is 1.34. The fourth-order valence-corrected chi connectivity index (χ4v) is 7.07. The molecule has 1 aliphatic carbocycles. The fourth-order valence-electron chi connectivity index (χ4n) is 5.90. The first-order chi connectivity index (χ1) is 23.1. The van der Waals surface area contributed by atoms with Gasteiger partial charge in [-0.2, -0.15) is 0 Å². The van der Waals surface area contributed by atoms with Crippen LogP contribution >= 0.6 is 0 Å². The van der Waals surface area contributed by atoms with Gasteiger partial charge in [0, 0.05) is 17.8 Å². The van der Waals surface area contributed by atoms with Crippen molar-refractivity contribution < 1.29 is 27.9 Å². The van der Waals surface area contributed by atoms with Crippen molar-refractivity contribution in [1.82, 2.24) is 10.6 Å². The largest absolute Gasteiger partial charge is 0.481 e. The van der Waals surface area contributed by atoms with Gasteiger partial charge < -0.3 is 21.1 Å². The first kappa shape index (κ1) is 34.2. The summed E-state index contributed by atoms with van der Waals surface area (Å²) in [5.41, 5.74) is 4.72. The lowest BCUT2D eigenvalue weighted by Gasteiger charge is -2.24. The highest BCUT2D eigenvalue weighted by Crippen LogP contribution is 2.34. The number of rotatable bonds is 12. The molecule has 0 radical (unpaired) electrons.